The smallest absolute Gasteiger partial charge is 0.237 e. The van der Waals surface area contributed by atoms with Crippen molar-refractivity contribution in [2.45, 2.75) is 32.9 Å². The molecule has 0 radical (unpaired) electrons. The number of rotatable bonds is 4. The number of nitrogens with one attached hydrogen (secondary N) is 1. The van der Waals surface area contributed by atoms with E-state index in [0.717, 1.165) is 0 Å². The lowest BCUT2D eigenvalue weighted by Gasteiger charge is -2.21. The zero-order chi connectivity index (χ0) is 13.9. The predicted molar refractivity (Wildman–Crippen MR) is 70.8 cm³/mol. The summed E-state index contributed by atoms with van der Waals surface area (Å²) in [6.45, 7) is 5.38. The molecule has 1 rings (SSSR count). The van der Waals surface area contributed by atoms with Crippen LogP contribution in [0.3, 0.4) is 0 Å². The van der Waals surface area contributed by atoms with Crippen LogP contribution in [0.4, 0.5) is 4.39 Å². The molecule has 0 saturated carbocycles. The van der Waals surface area contributed by atoms with Crippen LogP contribution in [0.1, 0.15) is 32.4 Å². The largest absolute Gasteiger partial charge is 0.348 e. The Kier molecular flexibility index (Phi) is 5.11. The van der Waals surface area contributed by atoms with Gasteiger partial charge in [-0.3, -0.25) is 4.79 Å². The normalized spacial score (nSPS) is 14.4. The van der Waals surface area contributed by atoms with E-state index in [1.807, 2.05) is 13.8 Å². The van der Waals surface area contributed by atoms with Crippen LogP contribution in [0.2, 0.25) is 5.02 Å². The summed E-state index contributed by atoms with van der Waals surface area (Å²) < 4.78 is 13.6. The molecular formula is C13H18ClFN2O. The number of carbonyl (C=O) groups excluding carboxylic acids is 1. The van der Waals surface area contributed by atoms with Crippen molar-refractivity contribution >= 4 is 17.5 Å². The molecule has 0 aromatic heterocycles. The molecule has 5 heteroatoms. The highest BCUT2D eigenvalue weighted by Crippen LogP contribution is 2.25. The van der Waals surface area contributed by atoms with Crippen molar-refractivity contribution in [3.63, 3.8) is 0 Å². The summed E-state index contributed by atoms with van der Waals surface area (Å²) in [5.41, 5.74) is 6.00. The van der Waals surface area contributed by atoms with Gasteiger partial charge in [0.25, 0.3) is 0 Å². The number of hydrogen-bond acceptors (Lipinski definition) is 2. The molecule has 1 amide bonds. The highest BCUT2D eigenvalue weighted by molar-refractivity contribution is 6.31. The van der Waals surface area contributed by atoms with E-state index >= 15 is 0 Å². The summed E-state index contributed by atoms with van der Waals surface area (Å²) in [6, 6.07) is 3.29. The molecule has 100 valence electrons. The SMILES string of the molecule is CC(NC(=O)[C@@H](N)C(C)C)c1c(F)cccc1Cl. The van der Waals surface area contributed by atoms with Crippen molar-refractivity contribution < 1.29 is 9.18 Å². The Morgan fingerprint density at radius 1 is 1.39 bits per heavy atom. The maximum absolute atomic E-state index is 13.6. The van der Waals surface area contributed by atoms with Gasteiger partial charge >= 0.3 is 0 Å². The molecule has 18 heavy (non-hydrogen) atoms. The van der Waals surface area contributed by atoms with Crippen LogP contribution in [0.15, 0.2) is 18.2 Å². The van der Waals surface area contributed by atoms with Gasteiger partial charge in [-0.1, -0.05) is 31.5 Å². The van der Waals surface area contributed by atoms with Gasteiger partial charge in [0.15, 0.2) is 0 Å². The minimum Gasteiger partial charge on any atom is -0.348 e. The number of benzene rings is 1. The van der Waals surface area contributed by atoms with Gasteiger partial charge in [-0.2, -0.15) is 0 Å². The fraction of sp³-hybridized carbons (Fsp3) is 0.462. The lowest BCUT2D eigenvalue weighted by molar-refractivity contribution is -0.123. The van der Waals surface area contributed by atoms with Crippen LogP contribution < -0.4 is 11.1 Å². The summed E-state index contributed by atoms with van der Waals surface area (Å²) in [7, 11) is 0. The Hall–Kier alpha value is -1.13. The predicted octanol–water partition coefficient (Wildman–Crippen LogP) is 2.64. The van der Waals surface area contributed by atoms with Gasteiger partial charge in [0.05, 0.1) is 12.1 Å². The second-order valence-corrected chi connectivity index (χ2v) is 5.04. The van der Waals surface area contributed by atoms with E-state index in [-0.39, 0.29) is 17.4 Å². The number of halogens is 2. The fourth-order valence-electron chi connectivity index (χ4n) is 1.61. The second kappa shape index (κ2) is 6.16. The minimum absolute atomic E-state index is 0.0216. The van der Waals surface area contributed by atoms with E-state index in [4.69, 9.17) is 17.3 Å². The Morgan fingerprint density at radius 3 is 2.50 bits per heavy atom. The molecule has 0 aliphatic rings. The van der Waals surface area contributed by atoms with Crippen molar-refractivity contribution in [2.24, 2.45) is 11.7 Å². The Labute approximate surface area is 112 Å². The van der Waals surface area contributed by atoms with Gasteiger partial charge in [-0.05, 0) is 25.0 Å². The van der Waals surface area contributed by atoms with Crippen LogP contribution in [0.5, 0.6) is 0 Å². The lowest BCUT2D eigenvalue weighted by Crippen LogP contribution is -2.44. The van der Waals surface area contributed by atoms with Crippen molar-refractivity contribution in [1.82, 2.24) is 5.32 Å². The highest BCUT2D eigenvalue weighted by atomic mass is 35.5. The summed E-state index contributed by atoms with van der Waals surface area (Å²) in [5, 5.41) is 2.96. The molecule has 0 aliphatic carbocycles. The van der Waals surface area contributed by atoms with Crippen LogP contribution in [0.25, 0.3) is 0 Å². The third-order valence-electron chi connectivity index (χ3n) is 2.81. The fourth-order valence-corrected chi connectivity index (χ4v) is 1.94. The van der Waals surface area contributed by atoms with E-state index in [2.05, 4.69) is 5.32 Å². The number of hydrogen-bond donors (Lipinski definition) is 2. The molecule has 0 spiro atoms. The molecule has 1 unspecified atom stereocenters. The second-order valence-electron chi connectivity index (χ2n) is 4.64. The third-order valence-corrected chi connectivity index (χ3v) is 3.14. The maximum Gasteiger partial charge on any atom is 0.237 e. The van der Waals surface area contributed by atoms with Gasteiger partial charge in [0.2, 0.25) is 5.91 Å². The first kappa shape index (κ1) is 14.9. The van der Waals surface area contributed by atoms with Crippen molar-refractivity contribution in [1.29, 1.82) is 0 Å². The Balaban J connectivity index is 2.83. The number of amides is 1. The van der Waals surface area contributed by atoms with Crippen molar-refractivity contribution in [3.05, 3.63) is 34.6 Å². The molecule has 0 aliphatic heterocycles. The van der Waals surface area contributed by atoms with Crippen LogP contribution in [-0.4, -0.2) is 11.9 Å². The highest BCUT2D eigenvalue weighted by Gasteiger charge is 2.22. The molecule has 0 bridgehead atoms. The number of carbonyl (C=O) groups is 1. The molecule has 3 nitrogen and oxygen atoms in total. The van der Waals surface area contributed by atoms with E-state index in [9.17, 15) is 9.18 Å². The molecule has 0 saturated heterocycles. The quantitative estimate of drug-likeness (QED) is 0.885. The average molecular weight is 273 g/mol. The van der Waals surface area contributed by atoms with Crippen molar-refractivity contribution in [2.75, 3.05) is 0 Å². The van der Waals surface area contributed by atoms with E-state index in [1.54, 1.807) is 13.0 Å². The van der Waals surface area contributed by atoms with Gasteiger partial charge in [0, 0.05) is 10.6 Å². The molecule has 3 N–H and O–H groups in total. The molecular weight excluding hydrogens is 255 g/mol. The Bertz CT molecular complexity index is 417. The van der Waals surface area contributed by atoms with Crippen LogP contribution in [-0.2, 0) is 4.79 Å². The molecule has 1 aromatic rings. The van der Waals surface area contributed by atoms with Gasteiger partial charge < -0.3 is 11.1 Å². The van der Waals surface area contributed by atoms with E-state index in [0.29, 0.717) is 5.02 Å². The number of nitrogens with two attached hydrogens (primary N) is 1. The monoisotopic (exact) mass is 272 g/mol. The first-order chi connectivity index (χ1) is 8.34. The zero-order valence-electron chi connectivity index (χ0n) is 10.7. The third kappa shape index (κ3) is 3.43. The summed E-state index contributed by atoms with van der Waals surface area (Å²) >= 11 is 5.93. The van der Waals surface area contributed by atoms with Crippen LogP contribution >= 0.6 is 11.6 Å². The topological polar surface area (TPSA) is 55.1 Å². The molecule has 0 heterocycles. The lowest BCUT2D eigenvalue weighted by atomic mass is 10.0. The molecule has 1 aromatic carbocycles. The Morgan fingerprint density at radius 2 is 2.00 bits per heavy atom. The summed E-state index contributed by atoms with van der Waals surface area (Å²) in [6.07, 6.45) is 0. The van der Waals surface area contributed by atoms with Crippen molar-refractivity contribution in [3.8, 4) is 0 Å². The van der Waals surface area contributed by atoms with Gasteiger partial charge in [-0.25, -0.2) is 4.39 Å². The van der Waals surface area contributed by atoms with E-state index in [1.165, 1.54) is 12.1 Å². The minimum atomic E-state index is -0.613. The first-order valence-corrected chi connectivity index (χ1v) is 6.22. The molecule has 2 atom stereocenters. The summed E-state index contributed by atoms with van der Waals surface area (Å²) in [4.78, 5) is 11.8. The first-order valence-electron chi connectivity index (χ1n) is 5.84. The standard InChI is InChI=1S/C13H18ClFN2O/c1-7(2)12(16)13(18)17-8(3)11-9(14)5-4-6-10(11)15/h4-8,12H,16H2,1-3H3,(H,17,18)/t8?,12-/m0/s1. The zero-order valence-corrected chi connectivity index (χ0v) is 11.5. The molecule has 0 fully saturated rings. The van der Waals surface area contributed by atoms with Gasteiger partial charge in [-0.15, -0.1) is 0 Å². The average Bonchev–Trinajstić information content (AvgIpc) is 2.27. The van der Waals surface area contributed by atoms with E-state index < -0.39 is 17.9 Å². The van der Waals surface area contributed by atoms with Gasteiger partial charge in [0.1, 0.15) is 5.82 Å². The maximum atomic E-state index is 13.6. The summed E-state index contributed by atoms with van der Waals surface area (Å²) in [5.74, 6) is -0.724. The van der Waals surface area contributed by atoms with Crippen LogP contribution in [0, 0.1) is 11.7 Å².